The molecule has 138 valence electrons. The molecule has 0 radical (unpaired) electrons. The molecule has 0 atom stereocenters. The van der Waals surface area contributed by atoms with E-state index in [9.17, 15) is 23.1 Å². The van der Waals surface area contributed by atoms with Crippen LogP contribution in [-0.4, -0.2) is 20.4 Å². The summed E-state index contributed by atoms with van der Waals surface area (Å²) in [7, 11) is 0. The zero-order valence-electron chi connectivity index (χ0n) is 13.9. The van der Waals surface area contributed by atoms with Gasteiger partial charge in [0, 0.05) is 18.3 Å². The van der Waals surface area contributed by atoms with Gasteiger partial charge in [-0.25, -0.2) is 4.98 Å². The second kappa shape index (κ2) is 6.15. The summed E-state index contributed by atoms with van der Waals surface area (Å²) in [6, 6.07) is 10.6. The SMILES string of the molecule is O=C(Nc1ccccc1)C1=C(O)CCc2c1nc1cc(C(F)(F)F)ccn21. The molecule has 0 unspecified atom stereocenters. The maximum atomic E-state index is 13.0. The van der Waals surface area contributed by atoms with E-state index in [1.165, 1.54) is 10.6 Å². The van der Waals surface area contributed by atoms with Crippen molar-refractivity contribution < 1.29 is 23.1 Å². The number of aromatic nitrogens is 2. The monoisotopic (exact) mass is 373 g/mol. The first-order chi connectivity index (χ1) is 12.8. The number of amides is 1. The molecular formula is C19H14F3N3O2. The van der Waals surface area contributed by atoms with Gasteiger partial charge in [0.15, 0.2) is 0 Å². The van der Waals surface area contributed by atoms with Gasteiger partial charge in [-0.3, -0.25) is 4.79 Å². The summed E-state index contributed by atoms with van der Waals surface area (Å²) in [5, 5.41) is 12.9. The van der Waals surface area contributed by atoms with Crippen molar-refractivity contribution in [3.8, 4) is 0 Å². The van der Waals surface area contributed by atoms with Crippen LogP contribution in [0.15, 0.2) is 54.4 Å². The Labute approximate surface area is 151 Å². The minimum Gasteiger partial charge on any atom is -0.511 e. The van der Waals surface area contributed by atoms with Crippen molar-refractivity contribution in [2.75, 3.05) is 5.32 Å². The van der Waals surface area contributed by atoms with Gasteiger partial charge in [0.2, 0.25) is 0 Å². The van der Waals surface area contributed by atoms with E-state index < -0.39 is 17.6 Å². The van der Waals surface area contributed by atoms with Gasteiger partial charge >= 0.3 is 6.18 Å². The number of alkyl halides is 3. The van der Waals surface area contributed by atoms with Gasteiger partial charge in [-0.2, -0.15) is 13.2 Å². The van der Waals surface area contributed by atoms with Gasteiger partial charge in [0.1, 0.15) is 22.7 Å². The van der Waals surface area contributed by atoms with Crippen molar-refractivity contribution in [3.63, 3.8) is 0 Å². The van der Waals surface area contributed by atoms with Crippen LogP contribution in [0.25, 0.3) is 11.2 Å². The lowest BCUT2D eigenvalue weighted by molar-refractivity contribution is -0.137. The average Bonchev–Trinajstić information content (AvgIpc) is 2.99. The van der Waals surface area contributed by atoms with E-state index in [0.717, 1.165) is 12.1 Å². The van der Waals surface area contributed by atoms with Crippen molar-refractivity contribution in [1.29, 1.82) is 0 Å². The van der Waals surface area contributed by atoms with Crippen molar-refractivity contribution >= 4 is 22.8 Å². The molecule has 8 heteroatoms. The van der Waals surface area contributed by atoms with Gasteiger partial charge in [-0.05, 0) is 30.7 Å². The maximum absolute atomic E-state index is 13.0. The molecule has 1 aromatic carbocycles. The standard InChI is InChI=1S/C19H14F3N3O2/c20-19(21,22)11-8-9-25-13-6-7-14(26)16(17(13)24-15(25)10-11)18(27)23-12-4-2-1-3-5-12/h1-5,8-10,26H,6-7H2,(H,23,27). The molecule has 2 N–H and O–H groups in total. The Morgan fingerprint density at radius 2 is 1.89 bits per heavy atom. The van der Waals surface area contributed by atoms with Crippen LogP contribution in [-0.2, 0) is 17.4 Å². The quantitative estimate of drug-likeness (QED) is 0.707. The first-order valence-corrected chi connectivity index (χ1v) is 8.21. The summed E-state index contributed by atoms with van der Waals surface area (Å²) in [4.78, 5) is 16.9. The Morgan fingerprint density at radius 1 is 1.15 bits per heavy atom. The summed E-state index contributed by atoms with van der Waals surface area (Å²) in [5.74, 6) is -0.686. The molecule has 0 bridgehead atoms. The fourth-order valence-corrected chi connectivity index (χ4v) is 3.16. The highest BCUT2D eigenvalue weighted by molar-refractivity contribution is 6.25. The van der Waals surface area contributed by atoms with Crippen LogP contribution < -0.4 is 5.32 Å². The molecule has 5 nitrogen and oxygen atoms in total. The number of pyridine rings is 1. The van der Waals surface area contributed by atoms with Crippen molar-refractivity contribution in [2.24, 2.45) is 0 Å². The van der Waals surface area contributed by atoms with Gasteiger partial charge in [0.05, 0.1) is 11.3 Å². The predicted molar refractivity (Wildman–Crippen MR) is 93.1 cm³/mol. The Balaban J connectivity index is 1.78. The van der Waals surface area contributed by atoms with Crippen molar-refractivity contribution in [1.82, 2.24) is 9.38 Å². The summed E-state index contributed by atoms with van der Waals surface area (Å²) in [5.41, 5.74) is 0.576. The van der Waals surface area contributed by atoms with E-state index in [4.69, 9.17) is 0 Å². The molecule has 4 rings (SSSR count). The fraction of sp³-hybridized carbons (Fsp3) is 0.158. The smallest absolute Gasteiger partial charge is 0.416 e. The number of carbonyl (C=O) groups excluding carboxylic acids is 1. The third-order valence-corrected chi connectivity index (χ3v) is 4.44. The minimum atomic E-state index is -4.49. The van der Waals surface area contributed by atoms with Crippen LogP contribution in [0, 0.1) is 0 Å². The van der Waals surface area contributed by atoms with Crippen molar-refractivity contribution in [3.05, 3.63) is 71.4 Å². The number of hydrogen-bond acceptors (Lipinski definition) is 3. The van der Waals surface area contributed by atoms with E-state index in [0.29, 0.717) is 17.8 Å². The zero-order chi connectivity index (χ0) is 19.2. The fourth-order valence-electron chi connectivity index (χ4n) is 3.16. The third kappa shape index (κ3) is 3.03. The molecule has 0 spiro atoms. The first-order valence-electron chi connectivity index (χ1n) is 8.21. The zero-order valence-corrected chi connectivity index (χ0v) is 13.9. The Kier molecular flexibility index (Phi) is 3.91. The number of nitrogens with one attached hydrogen (secondary N) is 1. The largest absolute Gasteiger partial charge is 0.511 e. The second-order valence-corrected chi connectivity index (χ2v) is 6.19. The predicted octanol–water partition coefficient (Wildman–Crippen LogP) is 4.21. The average molecular weight is 373 g/mol. The Bertz CT molecular complexity index is 1070. The molecule has 0 aliphatic heterocycles. The highest BCUT2D eigenvalue weighted by Gasteiger charge is 2.33. The number of imidazole rings is 1. The number of allylic oxidation sites excluding steroid dienone is 1. The number of aliphatic hydroxyl groups excluding tert-OH is 1. The normalized spacial score (nSPS) is 14.3. The minimum absolute atomic E-state index is 0.0163. The molecule has 27 heavy (non-hydrogen) atoms. The first kappa shape index (κ1) is 17.1. The van der Waals surface area contributed by atoms with Gasteiger partial charge < -0.3 is 14.8 Å². The Morgan fingerprint density at radius 3 is 2.59 bits per heavy atom. The van der Waals surface area contributed by atoms with E-state index in [1.54, 1.807) is 30.3 Å². The van der Waals surface area contributed by atoms with E-state index >= 15 is 0 Å². The number of fused-ring (bicyclic) bond motifs is 3. The summed E-state index contributed by atoms with van der Waals surface area (Å²) in [6.07, 6.45) is -2.62. The lowest BCUT2D eigenvalue weighted by Gasteiger charge is -2.16. The number of benzene rings is 1. The number of aryl methyl sites for hydroxylation is 1. The second-order valence-electron chi connectivity index (χ2n) is 6.19. The van der Waals surface area contributed by atoms with Crippen LogP contribution in [0.5, 0.6) is 0 Å². The number of halogens is 3. The summed E-state index contributed by atoms with van der Waals surface area (Å²) in [6.45, 7) is 0. The van der Waals surface area contributed by atoms with Crippen LogP contribution in [0.4, 0.5) is 18.9 Å². The highest BCUT2D eigenvalue weighted by Crippen LogP contribution is 2.34. The maximum Gasteiger partial charge on any atom is 0.416 e. The lowest BCUT2D eigenvalue weighted by Crippen LogP contribution is -2.19. The number of para-hydroxylation sites is 1. The molecule has 0 saturated carbocycles. The molecular weight excluding hydrogens is 359 g/mol. The highest BCUT2D eigenvalue weighted by atomic mass is 19.4. The van der Waals surface area contributed by atoms with E-state index in [-0.39, 0.29) is 29.1 Å². The van der Waals surface area contributed by atoms with Gasteiger partial charge in [-0.15, -0.1) is 0 Å². The summed E-state index contributed by atoms with van der Waals surface area (Å²) >= 11 is 0. The van der Waals surface area contributed by atoms with Crippen LogP contribution in [0.2, 0.25) is 0 Å². The van der Waals surface area contributed by atoms with Crippen LogP contribution >= 0.6 is 0 Å². The lowest BCUT2D eigenvalue weighted by atomic mass is 9.97. The van der Waals surface area contributed by atoms with Gasteiger partial charge in [0.25, 0.3) is 5.91 Å². The van der Waals surface area contributed by atoms with Crippen LogP contribution in [0.3, 0.4) is 0 Å². The molecule has 2 aromatic heterocycles. The number of rotatable bonds is 2. The number of hydrogen-bond donors (Lipinski definition) is 2. The molecule has 1 amide bonds. The molecule has 1 aliphatic carbocycles. The molecule has 0 fully saturated rings. The van der Waals surface area contributed by atoms with Crippen molar-refractivity contribution in [2.45, 2.75) is 19.0 Å². The van der Waals surface area contributed by atoms with Gasteiger partial charge in [-0.1, -0.05) is 18.2 Å². The molecule has 0 saturated heterocycles. The van der Waals surface area contributed by atoms with Crippen LogP contribution in [0.1, 0.15) is 23.4 Å². The van der Waals surface area contributed by atoms with E-state index in [2.05, 4.69) is 10.3 Å². The number of anilines is 1. The third-order valence-electron chi connectivity index (χ3n) is 4.44. The molecule has 3 aromatic rings. The number of nitrogens with zero attached hydrogens (tertiary/aromatic N) is 2. The Hall–Kier alpha value is -3.29. The number of carbonyl (C=O) groups is 1. The molecule has 2 heterocycles. The molecule has 1 aliphatic rings. The number of aliphatic hydroxyl groups is 1. The van der Waals surface area contributed by atoms with E-state index in [1.807, 2.05) is 0 Å². The summed E-state index contributed by atoms with van der Waals surface area (Å²) < 4.78 is 40.4. The topological polar surface area (TPSA) is 66.6 Å².